The monoisotopic (exact) mass is 569 g/mol. The summed E-state index contributed by atoms with van der Waals surface area (Å²) in [4.78, 5) is 38.9. The third-order valence-electron chi connectivity index (χ3n) is 6.33. The smallest absolute Gasteiger partial charge is 0.294 e. The molecule has 1 aromatic heterocycles. The molecule has 11 heteroatoms. The number of thioether (sulfide) groups is 1. The van der Waals surface area contributed by atoms with Crippen LogP contribution in [0.15, 0.2) is 65.6 Å². The molecule has 0 radical (unpaired) electrons. The lowest BCUT2D eigenvalue weighted by Crippen LogP contribution is -2.36. The summed E-state index contributed by atoms with van der Waals surface area (Å²) in [6, 6.07) is 16.6. The van der Waals surface area contributed by atoms with Crippen LogP contribution in [0.4, 0.5) is 23.7 Å². The molecule has 0 atom stereocenters. The molecule has 0 aliphatic carbocycles. The number of benzene rings is 3. The summed E-state index contributed by atoms with van der Waals surface area (Å²) in [6.45, 7) is 1.66. The maximum absolute atomic E-state index is 13.9. The molecule has 3 amide bonds. The van der Waals surface area contributed by atoms with Crippen molar-refractivity contribution < 1.29 is 27.6 Å². The Labute approximate surface area is 230 Å². The number of fused-ring (bicyclic) bond motifs is 1. The topological polar surface area (TPSA) is 71.4 Å². The number of halogens is 4. The van der Waals surface area contributed by atoms with Crippen molar-refractivity contribution in [3.63, 3.8) is 0 Å². The Hall–Kier alpha value is -4.02. The van der Waals surface area contributed by atoms with Gasteiger partial charge in [0.1, 0.15) is 6.54 Å². The van der Waals surface area contributed by atoms with Crippen LogP contribution in [0, 0.1) is 24.4 Å². The van der Waals surface area contributed by atoms with E-state index >= 15 is 0 Å². The van der Waals surface area contributed by atoms with Crippen molar-refractivity contribution in [1.82, 2.24) is 9.47 Å². The normalized spacial score (nSPS) is 14.6. The van der Waals surface area contributed by atoms with Crippen molar-refractivity contribution in [2.45, 2.75) is 13.5 Å². The molecule has 0 unspecified atom stereocenters. The second-order valence-electron chi connectivity index (χ2n) is 8.73. The number of carbonyl (C=O) groups excluding carboxylic acids is 3. The van der Waals surface area contributed by atoms with E-state index in [1.54, 1.807) is 6.08 Å². The fourth-order valence-corrected chi connectivity index (χ4v) is 5.38. The first-order chi connectivity index (χ1) is 18.7. The Balaban J connectivity index is 1.41. The molecule has 3 aromatic carbocycles. The summed E-state index contributed by atoms with van der Waals surface area (Å²) in [7, 11) is 0. The number of hydrogen-bond acceptors (Lipinski definition) is 4. The third-order valence-corrected chi connectivity index (χ3v) is 7.60. The number of nitrogens with zero attached hydrogens (tertiary/aromatic N) is 2. The van der Waals surface area contributed by atoms with Crippen molar-refractivity contribution in [3.8, 4) is 0 Å². The molecule has 1 N–H and O–H groups in total. The van der Waals surface area contributed by atoms with Gasteiger partial charge in [-0.1, -0.05) is 48.0 Å². The Morgan fingerprint density at radius 1 is 1.00 bits per heavy atom. The SMILES string of the molecule is Cc1c(/C=C2\SC(=O)N(CC(=O)Nc3ccc(F)c(F)c3F)C2=O)c2ccccc2n1Cc1ccccc1Cl. The first-order valence-corrected chi connectivity index (χ1v) is 12.8. The second kappa shape index (κ2) is 10.6. The highest BCUT2D eigenvalue weighted by Gasteiger charge is 2.37. The number of hydrogen-bond donors (Lipinski definition) is 1. The van der Waals surface area contributed by atoms with Crippen LogP contribution in [0.25, 0.3) is 17.0 Å². The number of rotatable bonds is 6. The molecule has 2 heterocycles. The molecular formula is C28H19ClF3N3O3S. The van der Waals surface area contributed by atoms with Gasteiger partial charge in [-0.05, 0) is 54.6 Å². The molecule has 198 valence electrons. The van der Waals surface area contributed by atoms with E-state index in [0.717, 1.165) is 33.8 Å². The highest BCUT2D eigenvalue weighted by atomic mass is 35.5. The molecule has 0 saturated carbocycles. The standard InChI is InChI=1S/C28H19ClF3N3O3S/c1-15-18(17-7-3-5-9-22(17)34(15)13-16-6-2-4-8-19(16)29)12-23-27(37)35(28(38)39-23)14-24(36)33-21-11-10-20(30)25(31)26(21)32/h2-12H,13-14H2,1H3,(H,33,36)/b23-12-. The van der Waals surface area contributed by atoms with Crippen molar-refractivity contribution in [2.24, 2.45) is 0 Å². The van der Waals surface area contributed by atoms with Crippen LogP contribution in [0.5, 0.6) is 0 Å². The maximum atomic E-state index is 13.9. The predicted molar refractivity (Wildman–Crippen MR) is 145 cm³/mol. The van der Waals surface area contributed by atoms with E-state index in [0.29, 0.717) is 34.3 Å². The van der Waals surface area contributed by atoms with Gasteiger partial charge in [-0.3, -0.25) is 19.3 Å². The zero-order valence-electron chi connectivity index (χ0n) is 20.3. The van der Waals surface area contributed by atoms with Crippen LogP contribution in [0.2, 0.25) is 5.02 Å². The Kier molecular flexibility index (Phi) is 7.24. The maximum Gasteiger partial charge on any atom is 0.294 e. The summed E-state index contributed by atoms with van der Waals surface area (Å²) in [5, 5.41) is 2.86. The number of aromatic nitrogens is 1. The summed E-state index contributed by atoms with van der Waals surface area (Å²) in [6.07, 6.45) is 1.61. The van der Waals surface area contributed by atoms with E-state index in [2.05, 4.69) is 9.88 Å². The van der Waals surface area contributed by atoms with E-state index in [4.69, 9.17) is 11.6 Å². The molecule has 4 aromatic rings. The minimum atomic E-state index is -1.74. The molecule has 1 saturated heterocycles. The number of carbonyl (C=O) groups is 3. The average molecular weight is 570 g/mol. The van der Waals surface area contributed by atoms with E-state index < -0.39 is 46.7 Å². The fourth-order valence-electron chi connectivity index (χ4n) is 4.36. The van der Waals surface area contributed by atoms with E-state index in [1.165, 1.54) is 0 Å². The minimum absolute atomic E-state index is 0.107. The number of nitrogens with one attached hydrogen (secondary N) is 1. The van der Waals surface area contributed by atoms with Gasteiger partial charge in [-0.15, -0.1) is 0 Å². The number of imide groups is 1. The number of anilines is 1. The quantitative estimate of drug-likeness (QED) is 0.206. The zero-order chi connectivity index (χ0) is 27.8. The largest absolute Gasteiger partial charge is 0.340 e. The first-order valence-electron chi connectivity index (χ1n) is 11.7. The third kappa shape index (κ3) is 5.05. The van der Waals surface area contributed by atoms with Crippen LogP contribution in [-0.4, -0.2) is 33.1 Å². The van der Waals surface area contributed by atoms with E-state index in [-0.39, 0.29) is 4.91 Å². The molecule has 0 spiro atoms. The van der Waals surface area contributed by atoms with Crippen LogP contribution in [-0.2, 0) is 16.1 Å². The number of para-hydroxylation sites is 1. The molecule has 6 nitrogen and oxygen atoms in total. The van der Waals surface area contributed by atoms with Gasteiger partial charge in [0, 0.05) is 33.7 Å². The molecule has 1 aliphatic heterocycles. The van der Waals surface area contributed by atoms with Gasteiger partial charge in [-0.25, -0.2) is 13.2 Å². The predicted octanol–water partition coefficient (Wildman–Crippen LogP) is 6.74. The Morgan fingerprint density at radius 2 is 1.72 bits per heavy atom. The minimum Gasteiger partial charge on any atom is -0.340 e. The summed E-state index contributed by atoms with van der Waals surface area (Å²) >= 11 is 7.05. The molecule has 39 heavy (non-hydrogen) atoms. The Bertz CT molecular complexity index is 1700. The molecule has 0 bridgehead atoms. The van der Waals surface area contributed by atoms with E-state index in [9.17, 15) is 27.6 Å². The highest BCUT2D eigenvalue weighted by molar-refractivity contribution is 8.18. The van der Waals surface area contributed by atoms with Gasteiger partial charge in [0.15, 0.2) is 17.5 Å². The second-order valence-corrected chi connectivity index (χ2v) is 10.1. The van der Waals surface area contributed by atoms with Crippen molar-refractivity contribution in [1.29, 1.82) is 0 Å². The lowest BCUT2D eigenvalue weighted by molar-refractivity contribution is -0.127. The highest BCUT2D eigenvalue weighted by Crippen LogP contribution is 2.36. The summed E-state index contributed by atoms with van der Waals surface area (Å²) in [5.41, 5.74) is 2.79. The fraction of sp³-hybridized carbons (Fsp3) is 0.107. The average Bonchev–Trinajstić information content (AvgIpc) is 3.33. The molecule has 5 rings (SSSR count). The lowest BCUT2D eigenvalue weighted by Gasteiger charge is -2.13. The summed E-state index contributed by atoms with van der Waals surface area (Å²) < 4.78 is 42.6. The summed E-state index contributed by atoms with van der Waals surface area (Å²) in [5.74, 6) is -6.39. The van der Waals surface area contributed by atoms with Gasteiger partial charge in [0.05, 0.1) is 10.6 Å². The van der Waals surface area contributed by atoms with Gasteiger partial charge in [0.25, 0.3) is 11.1 Å². The van der Waals surface area contributed by atoms with Gasteiger partial charge >= 0.3 is 0 Å². The van der Waals surface area contributed by atoms with Gasteiger partial charge < -0.3 is 9.88 Å². The van der Waals surface area contributed by atoms with Crippen molar-refractivity contribution in [3.05, 3.63) is 105 Å². The molecule has 1 aliphatic rings. The number of amides is 3. The van der Waals surface area contributed by atoms with Crippen molar-refractivity contribution in [2.75, 3.05) is 11.9 Å². The van der Waals surface area contributed by atoms with Crippen LogP contribution in [0.1, 0.15) is 16.8 Å². The lowest BCUT2D eigenvalue weighted by atomic mass is 10.1. The van der Waals surface area contributed by atoms with Crippen LogP contribution >= 0.6 is 23.4 Å². The van der Waals surface area contributed by atoms with Crippen LogP contribution < -0.4 is 5.32 Å². The molecular weight excluding hydrogens is 551 g/mol. The van der Waals surface area contributed by atoms with Gasteiger partial charge in [-0.2, -0.15) is 0 Å². The van der Waals surface area contributed by atoms with Crippen LogP contribution in [0.3, 0.4) is 0 Å². The van der Waals surface area contributed by atoms with Crippen molar-refractivity contribution >= 4 is 63.1 Å². The molecule has 1 fully saturated rings. The zero-order valence-corrected chi connectivity index (χ0v) is 21.9. The van der Waals surface area contributed by atoms with E-state index in [1.807, 2.05) is 55.5 Å². The van der Waals surface area contributed by atoms with Gasteiger partial charge in [0.2, 0.25) is 5.91 Å². The first kappa shape index (κ1) is 26.6. The Morgan fingerprint density at radius 3 is 2.49 bits per heavy atom.